The average molecular weight is 431 g/mol. The summed E-state index contributed by atoms with van der Waals surface area (Å²) in [7, 11) is 0. The Bertz CT molecular complexity index is 682. The minimum absolute atomic E-state index is 0.141. The number of aliphatic hydroxyl groups is 2. The second kappa shape index (κ2) is 8.46. The number of hydrogen-bond acceptors (Lipinski definition) is 2. The van der Waals surface area contributed by atoms with Crippen LogP contribution in [0.25, 0.3) is 0 Å². The summed E-state index contributed by atoms with van der Waals surface area (Å²) in [6.07, 6.45) is 15.4. The highest BCUT2D eigenvalue weighted by Gasteiger charge is 2.59. The van der Waals surface area contributed by atoms with E-state index in [-0.39, 0.29) is 6.10 Å². The molecule has 2 nitrogen and oxygen atoms in total. The third-order valence-electron chi connectivity index (χ3n) is 11.4. The molecule has 9 atom stereocenters. The molecule has 178 valence electrons. The minimum atomic E-state index is -0.449. The summed E-state index contributed by atoms with van der Waals surface area (Å²) in [5.74, 6) is 4.46. The highest BCUT2D eigenvalue weighted by molar-refractivity contribution is 5.27. The molecular formula is C29H50O2. The molecule has 0 aromatic rings. The first kappa shape index (κ1) is 23.8. The fourth-order valence-corrected chi connectivity index (χ4v) is 8.96. The lowest BCUT2D eigenvalue weighted by Crippen LogP contribution is -2.52. The largest absolute Gasteiger partial charge is 0.393 e. The van der Waals surface area contributed by atoms with Crippen molar-refractivity contribution in [3.63, 3.8) is 0 Å². The van der Waals surface area contributed by atoms with Gasteiger partial charge >= 0.3 is 0 Å². The molecule has 31 heavy (non-hydrogen) atoms. The number of allylic oxidation sites excluding steroid dienone is 1. The smallest absolute Gasteiger partial charge is 0.0682 e. The second-order valence-electron chi connectivity index (χ2n) is 13.1. The fraction of sp³-hybridized carbons (Fsp3) is 0.931. The molecule has 0 aromatic carbocycles. The van der Waals surface area contributed by atoms with Crippen LogP contribution in [0.15, 0.2) is 11.6 Å². The standard InChI is InChI=1S/C29H50O2/c1-7-29(31)17-16-27(5)21(18-29)9-10-22-24-12-11-23(28(24,6)15-14-25(22)27)20(4)8-13-26(30)19(2)3/h9,19-20,22-26,30-31H,7-8,10-18H2,1-6H3/t20-,22+,23-,24+,25+,26+,27+,28-,29+/m1/s1. The molecule has 0 saturated heterocycles. The Balaban J connectivity index is 1.49. The van der Waals surface area contributed by atoms with E-state index in [2.05, 4.69) is 47.6 Å². The molecule has 4 aliphatic carbocycles. The van der Waals surface area contributed by atoms with Gasteiger partial charge in [-0.05, 0) is 117 Å². The van der Waals surface area contributed by atoms with Crippen LogP contribution in [-0.4, -0.2) is 21.9 Å². The second-order valence-corrected chi connectivity index (χ2v) is 13.1. The maximum absolute atomic E-state index is 11.0. The molecule has 4 aliphatic rings. The van der Waals surface area contributed by atoms with E-state index in [0.29, 0.717) is 16.7 Å². The molecular weight excluding hydrogens is 380 g/mol. The average Bonchev–Trinajstić information content (AvgIpc) is 3.09. The van der Waals surface area contributed by atoms with Crippen molar-refractivity contribution in [1.29, 1.82) is 0 Å². The first-order valence-electron chi connectivity index (χ1n) is 13.6. The highest BCUT2D eigenvalue weighted by atomic mass is 16.3. The van der Waals surface area contributed by atoms with Crippen LogP contribution in [0.2, 0.25) is 0 Å². The van der Waals surface area contributed by atoms with E-state index >= 15 is 0 Å². The predicted molar refractivity (Wildman–Crippen MR) is 130 cm³/mol. The monoisotopic (exact) mass is 430 g/mol. The Kier molecular flexibility index (Phi) is 6.50. The molecule has 0 spiro atoms. The van der Waals surface area contributed by atoms with Gasteiger partial charge in [-0.25, -0.2) is 0 Å². The first-order valence-corrected chi connectivity index (χ1v) is 13.6. The van der Waals surface area contributed by atoms with Gasteiger partial charge in [-0.15, -0.1) is 0 Å². The summed E-state index contributed by atoms with van der Waals surface area (Å²) in [5.41, 5.74) is 1.97. The molecule has 0 aromatic heterocycles. The van der Waals surface area contributed by atoms with Crippen LogP contribution in [0, 0.1) is 46.3 Å². The lowest BCUT2D eigenvalue weighted by Gasteiger charge is -2.59. The van der Waals surface area contributed by atoms with Gasteiger partial charge in [0.1, 0.15) is 0 Å². The van der Waals surface area contributed by atoms with Crippen molar-refractivity contribution in [3.8, 4) is 0 Å². The Morgan fingerprint density at radius 2 is 1.74 bits per heavy atom. The van der Waals surface area contributed by atoms with Crippen molar-refractivity contribution >= 4 is 0 Å². The van der Waals surface area contributed by atoms with Gasteiger partial charge in [0.2, 0.25) is 0 Å². The predicted octanol–water partition coefficient (Wildman–Crippen LogP) is 7.14. The number of hydrogen-bond donors (Lipinski definition) is 2. The highest BCUT2D eigenvalue weighted by Crippen LogP contribution is 2.67. The van der Waals surface area contributed by atoms with Gasteiger partial charge in [-0.2, -0.15) is 0 Å². The topological polar surface area (TPSA) is 40.5 Å². The molecule has 0 amide bonds. The van der Waals surface area contributed by atoms with Crippen molar-refractivity contribution in [1.82, 2.24) is 0 Å². The summed E-state index contributed by atoms with van der Waals surface area (Å²) < 4.78 is 0. The van der Waals surface area contributed by atoms with E-state index in [9.17, 15) is 10.2 Å². The van der Waals surface area contributed by atoms with Crippen molar-refractivity contribution < 1.29 is 10.2 Å². The lowest BCUT2D eigenvalue weighted by molar-refractivity contribution is -0.0758. The zero-order chi connectivity index (χ0) is 22.6. The van der Waals surface area contributed by atoms with E-state index < -0.39 is 5.60 Å². The van der Waals surface area contributed by atoms with E-state index in [1.54, 1.807) is 5.57 Å². The van der Waals surface area contributed by atoms with Gasteiger partial charge in [0.25, 0.3) is 0 Å². The van der Waals surface area contributed by atoms with E-state index in [1.165, 1.54) is 44.9 Å². The fourth-order valence-electron chi connectivity index (χ4n) is 8.96. The van der Waals surface area contributed by atoms with Gasteiger partial charge < -0.3 is 10.2 Å². The van der Waals surface area contributed by atoms with Crippen LogP contribution in [0.4, 0.5) is 0 Å². The third kappa shape index (κ3) is 3.96. The molecule has 0 unspecified atom stereocenters. The van der Waals surface area contributed by atoms with Crippen molar-refractivity contribution in [2.24, 2.45) is 46.3 Å². The van der Waals surface area contributed by atoms with Gasteiger partial charge in [-0.1, -0.05) is 53.2 Å². The zero-order valence-electron chi connectivity index (χ0n) is 21.3. The van der Waals surface area contributed by atoms with Crippen LogP contribution < -0.4 is 0 Å². The Labute approximate surface area is 192 Å². The van der Waals surface area contributed by atoms with Crippen LogP contribution in [0.1, 0.15) is 112 Å². The van der Waals surface area contributed by atoms with Crippen molar-refractivity contribution in [3.05, 3.63) is 11.6 Å². The zero-order valence-corrected chi connectivity index (χ0v) is 21.3. The summed E-state index contributed by atoms with van der Waals surface area (Å²) >= 11 is 0. The maximum atomic E-state index is 11.0. The van der Waals surface area contributed by atoms with E-state index in [0.717, 1.165) is 55.3 Å². The molecule has 2 N–H and O–H groups in total. The quantitative estimate of drug-likeness (QED) is 0.440. The SMILES string of the molecule is CC[C@]1(O)CC[C@@]2(C)C(=CC[C@H]3[C@@H]4CC[C@H]([C@H](C)CC[C@H](O)C(C)C)[C@@]4(C)CC[C@@H]32)C1. The summed E-state index contributed by atoms with van der Waals surface area (Å²) in [6.45, 7) is 14.1. The lowest BCUT2D eigenvalue weighted by atomic mass is 9.46. The molecule has 0 radical (unpaired) electrons. The Morgan fingerprint density at radius 1 is 1.00 bits per heavy atom. The molecule has 2 heteroatoms. The third-order valence-corrected chi connectivity index (χ3v) is 11.4. The maximum Gasteiger partial charge on any atom is 0.0682 e. The van der Waals surface area contributed by atoms with Gasteiger partial charge in [0, 0.05) is 0 Å². The Hall–Kier alpha value is -0.340. The number of fused-ring (bicyclic) bond motifs is 5. The summed E-state index contributed by atoms with van der Waals surface area (Å²) in [5, 5.41) is 21.3. The molecule has 4 rings (SSSR count). The molecule has 0 aliphatic heterocycles. The molecule has 3 fully saturated rings. The number of rotatable bonds is 6. The first-order chi connectivity index (χ1) is 14.5. The summed E-state index contributed by atoms with van der Waals surface area (Å²) in [6, 6.07) is 0. The van der Waals surface area contributed by atoms with E-state index in [4.69, 9.17) is 0 Å². The van der Waals surface area contributed by atoms with Crippen molar-refractivity contribution in [2.75, 3.05) is 0 Å². The Morgan fingerprint density at radius 3 is 2.42 bits per heavy atom. The van der Waals surface area contributed by atoms with Gasteiger partial charge in [0.05, 0.1) is 11.7 Å². The van der Waals surface area contributed by atoms with Gasteiger partial charge in [0.15, 0.2) is 0 Å². The van der Waals surface area contributed by atoms with E-state index in [1.807, 2.05) is 0 Å². The normalized spacial score (nSPS) is 46.7. The van der Waals surface area contributed by atoms with Crippen LogP contribution in [0.5, 0.6) is 0 Å². The van der Waals surface area contributed by atoms with Gasteiger partial charge in [-0.3, -0.25) is 0 Å². The number of aliphatic hydroxyl groups excluding tert-OH is 1. The molecule has 0 heterocycles. The molecule has 0 bridgehead atoms. The minimum Gasteiger partial charge on any atom is -0.393 e. The van der Waals surface area contributed by atoms with Crippen LogP contribution >= 0.6 is 0 Å². The van der Waals surface area contributed by atoms with Crippen molar-refractivity contribution in [2.45, 2.75) is 124 Å². The van der Waals surface area contributed by atoms with Crippen LogP contribution in [0.3, 0.4) is 0 Å². The van der Waals surface area contributed by atoms with Crippen LogP contribution in [-0.2, 0) is 0 Å². The summed E-state index contributed by atoms with van der Waals surface area (Å²) in [4.78, 5) is 0. The molecule has 3 saturated carbocycles.